The SMILES string of the molecule is COc1ccc(CCC2C(=O)N(C(=O)NC(C)c3ccccc3)C2C(=O)O)cc1. The molecule has 1 aliphatic heterocycles. The molecule has 1 fully saturated rings. The number of β-lactam (4-membered cyclic amide) rings is 1. The minimum absolute atomic E-state index is 0.343. The number of nitrogens with zero attached hydrogens (tertiary/aromatic N) is 1. The van der Waals surface area contributed by atoms with Gasteiger partial charge in [0, 0.05) is 0 Å². The molecular weight excluding hydrogens is 372 g/mol. The quantitative estimate of drug-likeness (QED) is 0.702. The van der Waals surface area contributed by atoms with Crippen LogP contribution in [-0.2, 0) is 16.0 Å². The molecule has 1 saturated heterocycles. The van der Waals surface area contributed by atoms with Crippen molar-refractivity contribution >= 4 is 17.9 Å². The molecule has 2 aromatic rings. The third kappa shape index (κ3) is 4.39. The minimum atomic E-state index is -1.17. The van der Waals surface area contributed by atoms with E-state index in [-0.39, 0.29) is 6.04 Å². The first-order chi connectivity index (χ1) is 13.9. The second kappa shape index (κ2) is 8.77. The Morgan fingerprint density at radius 1 is 1.14 bits per heavy atom. The number of likely N-dealkylation sites (tertiary alicyclic amines) is 1. The Bertz CT molecular complexity index is 882. The largest absolute Gasteiger partial charge is 0.497 e. The van der Waals surface area contributed by atoms with Crippen molar-refractivity contribution in [2.75, 3.05) is 7.11 Å². The molecule has 2 aromatic carbocycles. The second-order valence-electron chi connectivity index (χ2n) is 7.07. The van der Waals surface area contributed by atoms with E-state index < -0.39 is 29.9 Å². The number of rotatable bonds is 7. The van der Waals surface area contributed by atoms with Gasteiger partial charge in [-0.3, -0.25) is 4.79 Å². The predicted molar refractivity (Wildman–Crippen MR) is 106 cm³/mol. The van der Waals surface area contributed by atoms with E-state index in [9.17, 15) is 19.5 Å². The first-order valence-electron chi connectivity index (χ1n) is 9.46. The number of methoxy groups -OCH3 is 1. The van der Waals surface area contributed by atoms with Crippen molar-refractivity contribution in [1.82, 2.24) is 10.2 Å². The van der Waals surface area contributed by atoms with Crippen molar-refractivity contribution in [3.05, 3.63) is 65.7 Å². The Kier molecular flexibility index (Phi) is 6.16. The normalized spacial score (nSPS) is 19.2. The zero-order chi connectivity index (χ0) is 21.0. The zero-order valence-corrected chi connectivity index (χ0v) is 16.4. The van der Waals surface area contributed by atoms with Crippen LogP contribution >= 0.6 is 0 Å². The third-order valence-corrected chi connectivity index (χ3v) is 5.23. The number of urea groups is 1. The maximum Gasteiger partial charge on any atom is 0.327 e. The van der Waals surface area contributed by atoms with E-state index in [2.05, 4.69) is 5.32 Å². The van der Waals surface area contributed by atoms with Gasteiger partial charge < -0.3 is 15.2 Å². The van der Waals surface area contributed by atoms with Crippen molar-refractivity contribution in [1.29, 1.82) is 0 Å². The number of carbonyl (C=O) groups is 3. The van der Waals surface area contributed by atoms with Crippen LogP contribution in [0, 0.1) is 5.92 Å². The van der Waals surface area contributed by atoms with E-state index in [1.807, 2.05) is 54.6 Å². The van der Waals surface area contributed by atoms with E-state index in [1.165, 1.54) is 0 Å². The Morgan fingerprint density at radius 2 is 1.79 bits per heavy atom. The van der Waals surface area contributed by atoms with Crippen LogP contribution in [0.5, 0.6) is 5.75 Å². The summed E-state index contributed by atoms with van der Waals surface area (Å²) in [6.45, 7) is 1.79. The maximum absolute atomic E-state index is 12.5. The summed E-state index contributed by atoms with van der Waals surface area (Å²) in [7, 11) is 1.58. The average Bonchev–Trinajstić information content (AvgIpc) is 2.72. The van der Waals surface area contributed by atoms with Crippen LogP contribution in [-0.4, -0.2) is 41.1 Å². The fourth-order valence-corrected chi connectivity index (χ4v) is 3.53. The van der Waals surface area contributed by atoms with E-state index in [1.54, 1.807) is 14.0 Å². The van der Waals surface area contributed by atoms with Crippen LogP contribution in [0.25, 0.3) is 0 Å². The van der Waals surface area contributed by atoms with Gasteiger partial charge in [0.15, 0.2) is 6.04 Å². The minimum Gasteiger partial charge on any atom is -0.497 e. The van der Waals surface area contributed by atoms with Crippen LogP contribution in [0.1, 0.15) is 30.5 Å². The molecule has 0 radical (unpaired) electrons. The second-order valence-corrected chi connectivity index (χ2v) is 7.07. The standard InChI is InChI=1S/C22H24N2O5/c1-14(16-6-4-3-5-7-16)23-22(28)24-19(21(26)27)18(20(24)25)13-10-15-8-11-17(29-2)12-9-15/h3-9,11-12,14,18-19H,10,13H2,1-2H3,(H,23,28)(H,26,27). The molecule has 0 bridgehead atoms. The van der Waals surface area contributed by atoms with Gasteiger partial charge in [-0.15, -0.1) is 0 Å². The highest BCUT2D eigenvalue weighted by Gasteiger charge is 2.54. The van der Waals surface area contributed by atoms with Crippen molar-refractivity contribution in [2.24, 2.45) is 5.92 Å². The highest BCUT2D eigenvalue weighted by Crippen LogP contribution is 2.32. The van der Waals surface area contributed by atoms with Crippen molar-refractivity contribution in [3.8, 4) is 5.75 Å². The molecule has 0 saturated carbocycles. The summed E-state index contributed by atoms with van der Waals surface area (Å²) in [5, 5.41) is 12.3. The fourth-order valence-electron chi connectivity index (χ4n) is 3.53. The van der Waals surface area contributed by atoms with Crippen molar-refractivity contribution in [2.45, 2.75) is 31.8 Å². The number of benzene rings is 2. The van der Waals surface area contributed by atoms with Gasteiger partial charge in [-0.05, 0) is 43.0 Å². The van der Waals surface area contributed by atoms with Gasteiger partial charge in [0.2, 0.25) is 5.91 Å². The molecule has 3 amide bonds. The van der Waals surface area contributed by atoms with Crippen LogP contribution in [0.15, 0.2) is 54.6 Å². The van der Waals surface area contributed by atoms with E-state index in [4.69, 9.17) is 4.74 Å². The summed E-state index contributed by atoms with van der Waals surface area (Å²) >= 11 is 0. The first kappa shape index (κ1) is 20.4. The van der Waals surface area contributed by atoms with Gasteiger partial charge in [0.05, 0.1) is 19.1 Å². The number of nitrogens with one attached hydrogen (secondary N) is 1. The lowest BCUT2D eigenvalue weighted by Gasteiger charge is -2.43. The van der Waals surface area contributed by atoms with Crippen LogP contribution in [0.2, 0.25) is 0 Å². The lowest BCUT2D eigenvalue weighted by molar-refractivity contribution is -0.166. The average molecular weight is 396 g/mol. The molecule has 7 nitrogen and oxygen atoms in total. The number of ether oxygens (including phenoxy) is 1. The Morgan fingerprint density at radius 3 is 2.38 bits per heavy atom. The van der Waals surface area contributed by atoms with Gasteiger partial charge in [0.1, 0.15) is 5.75 Å². The summed E-state index contributed by atoms with van der Waals surface area (Å²) in [6.07, 6.45) is 0.903. The summed E-state index contributed by atoms with van der Waals surface area (Å²) in [4.78, 5) is 37.6. The molecule has 7 heteroatoms. The Balaban J connectivity index is 1.62. The number of aryl methyl sites for hydroxylation is 1. The zero-order valence-electron chi connectivity index (χ0n) is 16.4. The number of carboxylic acids is 1. The topological polar surface area (TPSA) is 95.9 Å². The monoisotopic (exact) mass is 396 g/mol. The molecule has 3 atom stereocenters. The van der Waals surface area contributed by atoms with Crippen LogP contribution in [0.4, 0.5) is 4.79 Å². The molecule has 0 aliphatic carbocycles. The molecule has 29 heavy (non-hydrogen) atoms. The molecule has 3 rings (SSSR count). The Labute approximate surface area is 169 Å². The molecule has 1 heterocycles. The van der Waals surface area contributed by atoms with Gasteiger partial charge in [-0.1, -0.05) is 42.5 Å². The lowest BCUT2D eigenvalue weighted by Crippen LogP contribution is -2.68. The number of hydrogen-bond acceptors (Lipinski definition) is 4. The summed E-state index contributed by atoms with van der Waals surface area (Å²) < 4.78 is 5.11. The number of imide groups is 1. The number of amides is 3. The maximum atomic E-state index is 12.5. The predicted octanol–water partition coefficient (Wildman–Crippen LogP) is 3.01. The smallest absolute Gasteiger partial charge is 0.327 e. The molecule has 0 spiro atoms. The molecule has 3 unspecified atom stereocenters. The molecule has 1 aliphatic rings. The molecule has 0 aromatic heterocycles. The highest BCUT2D eigenvalue weighted by molar-refractivity contribution is 6.07. The number of hydrogen-bond donors (Lipinski definition) is 2. The van der Waals surface area contributed by atoms with E-state index in [0.29, 0.717) is 12.8 Å². The van der Waals surface area contributed by atoms with Gasteiger partial charge in [0.25, 0.3) is 0 Å². The third-order valence-electron chi connectivity index (χ3n) is 5.23. The first-order valence-corrected chi connectivity index (χ1v) is 9.46. The van der Waals surface area contributed by atoms with Gasteiger partial charge in [-0.25, -0.2) is 14.5 Å². The van der Waals surface area contributed by atoms with Gasteiger partial charge in [-0.2, -0.15) is 0 Å². The van der Waals surface area contributed by atoms with E-state index >= 15 is 0 Å². The molecule has 2 N–H and O–H groups in total. The summed E-state index contributed by atoms with van der Waals surface area (Å²) in [5.74, 6) is -1.62. The Hall–Kier alpha value is -3.35. The summed E-state index contributed by atoms with van der Waals surface area (Å²) in [5.41, 5.74) is 1.85. The van der Waals surface area contributed by atoms with Crippen molar-refractivity contribution in [3.63, 3.8) is 0 Å². The number of aliphatic carboxylic acids is 1. The van der Waals surface area contributed by atoms with Gasteiger partial charge >= 0.3 is 12.0 Å². The van der Waals surface area contributed by atoms with E-state index in [0.717, 1.165) is 21.8 Å². The van der Waals surface area contributed by atoms with Crippen molar-refractivity contribution < 1.29 is 24.2 Å². The molecular formula is C22H24N2O5. The van der Waals surface area contributed by atoms with Crippen LogP contribution in [0.3, 0.4) is 0 Å². The lowest BCUT2D eigenvalue weighted by atomic mass is 9.83. The number of carboxylic acid groups (broad SMARTS) is 1. The van der Waals surface area contributed by atoms with Crippen LogP contribution < -0.4 is 10.1 Å². The number of carbonyl (C=O) groups excluding carboxylic acids is 2. The highest BCUT2D eigenvalue weighted by atomic mass is 16.5. The summed E-state index contributed by atoms with van der Waals surface area (Å²) in [6, 6.07) is 14.5. The fraction of sp³-hybridized carbons (Fsp3) is 0.318. The molecule has 152 valence electrons.